The number of aromatic nitrogens is 2. The molecule has 84 valence electrons. The largest absolute Gasteiger partial charge is 0.334 e. The van der Waals surface area contributed by atoms with Crippen LogP contribution in [0.3, 0.4) is 0 Å². The molecule has 0 fully saturated rings. The van der Waals surface area contributed by atoms with Crippen molar-refractivity contribution in [3.63, 3.8) is 0 Å². The summed E-state index contributed by atoms with van der Waals surface area (Å²) in [6.07, 6.45) is 5.11. The minimum Gasteiger partial charge on any atom is -0.334 e. The molecular formula is C13H17N3. The lowest BCUT2D eigenvalue weighted by molar-refractivity contribution is 0.369. The predicted molar refractivity (Wildman–Crippen MR) is 63.7 cm³/mol. The van der Waals surface area contributed by atoms with Gasteiger partial charge < -0.3 is 4.57 Å². The van der Waals surface area contributed by atoms with E-state index in [0.717, 1.165) is 17.9 Å². The third-order valence-electron chi connectivity index (χ3n) is 3.53. The first-order valence-electron chi connectivity index (χ1n) is 5.58. The first-order chi connectivity index (χ1) is 7.47. The number of hydrogen-bond acceptors (Lipinski definition) is 2. The average molecular weight is 215 g/mol. The number of fused-ring (bicyclic) bond motifs is 1. The van der Waals surface area contributed by atoms with Crippen LogP contribution in [0.1, 0.15) is 43.4 Å². The Morgan fingerprint density at radius 2 is 2.25 bits per heavy atom. The zero-order valence-electron chi connectivity index (χ0n) is 10.3. The van der Waals surface area contributed by atoms with Gasteiger partial charge in [0.25, 0.3) is 0 Å². The van der Waals surface area contributed by atoms with E-state index in [4.69, 9.17) is 0 Å². The lowest BCUT2D eigenvalue weighted by atomic mass is 9.74. The summed E-state index contributed by atoms with van der Waals surface area (Å²) in [7, 11) is 2.03. The van der Waals surface area contributed by atoms with Gasteiger partial charge in [0.2, 0.25) is 0 Å². The van der Waals surface area contributed by atoms with Gasteiger partial charge in [-0.3, -0.25) is 0 Å². The maximum atomic E-state index is 9.27. The van der Waals surface area contributed by atoms with Gasteiger partial charge in [-0.05, 0) is 33.3 Å². The van der Waals surface area contributed by atoms with Crippen molar-refractivity contribution in [2.24, 2.45) is 12.5 Å². The summed E-state index contributed by atoms with van der Waals surface area (Å²) < 4.78 is 2.11. The summed E-state index contributed by atoms with van der Waals surface area (Å²) >= 11 is 0. The van der Waals surface area contributed by atoms with Crippen LogP contribution in [0.2, 0.25) is 0 Å². The van der Waals surface area contributed by atoms with E-state index in [-0.39, 0.29) is 11.3 Å². The zero-order chi connectivity index (χ0) is 11.9. The normalized spacial score (nSPS) is 19.3. The van der Waals surface area contributed by atoms with Crippen molar-refractivity contribution in [1.29, 1.82) is 5.26 Å². The monoisotopic (exact) mass is 215 g/mol. The maximum absolute atomic E-state index is 9.27. The molecule has 1 atom stereocenters. The Morgan fingerprint density at radius 3 is 2.88 bits per heavy atom. The number of aryl methyl sites for hydroxylation is 1. The van der Waals surface area contributed by atoms with Gasteiger partial charge in [0, 0.05) is 18.7 Å². The smallest absolute Gasteiger partial charge is 0.106 e. The van der Waals surface area contributed by atoms with E-state index in [1.165, 1.54) is 5.69 Å². The van der Waals surface area contributed by atoms with Crippen LogP contribution in [0.5, 0.6) is 0 Å². The Balaban J connectivity index is 2.57. The highest BCUT2D eigenvalue weighted by atomic mass is 15.1. The molecule has 3 heteroatoms. The fraction of sp³-hybridized carbons (Fsp3) is 0.538. The summed E-state index contributed by atoms with van der Waals surface area (Å²) in [6, 6.07) is 2.41. The quantitative estimate of drug-likeness (QED) is 0.722. The first-order valence-corrected chi connectivity index (χ1v) is 5.58. The number of imidazole rings is 1. The molecule has 1 heterocycles. The highest BCUT2D eigenvalue weighted by Gasteiger charge is 2.35. The molecule has 1 aliphatic rings. The fourth-order valence-corrected chi connectivity index (χ4v) is 2.33. The molecule has 0 spiro atoms. The van der Waals surface area contributed by atoms with E-state index in [2.05, 4.69) is 27.8 Å². The Bertz CT molecular complexity index is 486. The van der Waals surface area contributed by atoms with Crippen LogP contribution < -0.4 is 0 Å². The van der Waals surface area contributed by atoms with Crippen molar-refractivity contribution in [2.45, 2.75) is 33.1 Å². The minimum absolute atomic E-state index is 0.240. The maximum Gasteiger partial charge on any atom is 0.106 e. The van der Waals surface area contributed by atoms with Crippen LogP contribution >= 0.6 is 0 Å². The van der Waals surface area contributed by atoms with E-state index in [9.17, 15) is 5.26 Å². The highest BCUT2D eigenvalue weighted by molar-refractivity contribution is 5.53. The van der Waals surface area contributed by atoms with Gasteiger partial charge in [0.15, 0.2) is 0 Å². The average Bonchev–Trinajstić information content (AvgIpc) is 2.55. The first kappa shape index (κ1) is 10.9. The van der Waals surface area contributed by atoms with Gasteiger partial charge in [-0.1, -0.05) is 6.08 Å². The Kier molecular flexibility index (Phi) is 2.38. The summed E-state index contributed by atoms with van der Waals surface area (Å²) in [6.45, 7) is 6.01. The molecule has 2 rings (SSSR count). The Labute approximate surface area is 96.4 Å². The van der Waals surface area contributed by atoms with Crippen LogP contribution in [-0.4, -0.2) is 9.55 Å². The third-order valence-corrected chi connectivity index (χ3v) is 3.53. The number of rotatable bonds is 1. The predicted octanol–water partition coefficient (Wildman–Crippen LogP) is 2.78. The molecule has 0 aromatic carbocycles. The molecule has 0 amide bonds. The van der Waals surface area contributed by atoms with E-state index in [0.29, 0.717) is 0 Å². The van der Waals surface area contributed by atoms with Gasteiger partial charge in [-0.25, -0.2) is 4.98 Å². The molecule has 0 unspecified atom stereocenters. The minimum atomic E-state index is -0.347. The molecular weight excluding hydrogens is 198 g/mol. The van der Waals surface area contributed by atoms with Crippen LogP contribution in [0, 0.1) is 23.7 Å². The summed E-state index contributed by atoms with van der Waals surface area (Å²) in [5.74, 6) is 1.25. The van der Waals surface area contributed by atoms with Crippen molar-refractivity contribution in [3.05, 3.63) is 23.3 Å². The molecule has 3 nitrogen and oxygen atoms in total. The molecule has 1 aliphatic carbocycles. The van der Waals surface area contributed by atoms with Crippen molar-refractivity contribution >= 4 is 6.08 Å². The molecule has 1 aromatic heterocycles. The molecule has 0 N–H and O–H groups in total. The molecule has 0 aliphatic heterocycles. The number of allylic oxidation sites excluding steroid dienone is 1. The van der Waals surface area contributed by atoms with Crippen molar-refractivity contribution in [1.82, 2.24) is 9.55 Å². The van der Waals surface area contributed by atoms with Gasteiger partial charge in [0.1, 0.15) is 5.82 Å². The summed E-state index contributed by atoms with van der Waals surface area (Å²) in [5.41, 5.74) is 1.88. The lowest BCUT2D eigenvalue weighted by Crippen LogP contribution is -2.24. The van der Waals surface area contributed by atoms with Crippen LogP contribution in [0.4, 0.5) is 0 Å². The third kappa shape index (κ3) is 1.46. The number of hydrogen-bond donors (Lipinski definition) is 0. The highest BCUT2D eigenvalue weighted by Crippen LogP contribution is 2.42. The van der Waals surface area contributed by atoms with E-state index in [1.54, 1.807) is 0 Å². The Morgan fingerprint density at radius 1 is 1.56 bits per heavy atom. The second kappa shape index (κ2) is 3.48. The second-order valence-electron chi connectivity index (χ2n) is 5.01. The van der Waals surface area contributed by atoms with Gasteiger partial charge in [-0.15, -0.1) is 0 Å². The topological polar surface area (TPSA) is 41.6 Å². The van der Waals surface area contributed by atoms with Crippen molar-refractivity contribution in [2.75, 3.05) is 0 Å². The van der Waals surface area contributed by atoms with Crippen LogP contribution in [0.15, 0.2) is 6.08 Å². The van der Waals surface area contributed by atoms with Gasteiger partial charge in [0.05, 0.1) is 17.2 Å². The SMILES string of the molecule is Cc1nc2c(n1C)[C@H](C(C)(C)C#N)CC=C2. The summed E-state index contributed by atoms with van der Waals surface area (Å²) in [5, 5.41) is 9.27. The molecule has 0 radical (unpaired) electrons. The van der Waals surface area contributed by atoms with Gasteiger partial charge >= 0.3 is 0 Å². The zero-order valence-corrected chi connectivity index (χ0v) is 10.3. The molecule has 0 saturated heterocycles. The Hall–Kier alpha value is -1.56. The fourth-order valence-electron chi connectivity index (χ4n) is 2.33. The molecule has 16 heavy (non-hydrogen) atoms. The number of nitrogens with zero attached hydrogens (tertiary/aromatic N) is 3. The lowest BCUT2D eigenvalue weighted by Gasteiger charge is -2.30. The number of nitriles is 1. The van der Waals surface area contributed by atoms with Crippen molar-refractivity contribution < 1.29 is 0 Å². The molecule has 0 saturated carbocycles. The van der Waals surface area contributed by atoms with Crippen LogP contribution in [-0.2, 0) is 7.05 Å². The molecule has 1 aromatic rings. The second-order valence-corrected chi connectivity index (χ2v) is 5.01. The van der Waals surface area contributed by atoms with E-state index in [1.807, 2.05) is 27.8 Å². The van der Waals surface area contributed by atoms with Gasteiger partial charge in [-0.2, -0.15) is 5.26 Å². The molecule has 0 bridgehead atoms. The van der Waals surface area contributed by atoms with E-state index < -0.39 is 0 Å². The van der Waals surface area contributed by atoms with Crippen LogP contribution in [0.25, 0.3) is 6.08 Å². The van der Waals surface area contributed by atoms with E-state index >= 15 is 0 Å². The van der Waals surface area contributed by atoms with Crippen molar-refractivity contribution in [3.8, 4) is 6.07 Å². The standard InChI is InChI=1S/C13H17N3/c1-9-15-11-7-5-6-10(12(11)16(9)4)13(2,3)8-14/h5,7,10H,6H2,1-4H3/t10-/m1/s1. The summed E-state index contributed by atoms with van der Waals surface area (Å²) in [4.78, 5) is 4.52.